The number of ether oxygens (including phenoxy) is 1. The maximum atomic E-state index is 12.2. The molecule has 2 aromatic rings. The van der Waals surface area contributed by atoms with E-state index in [2.05, 4.69) is 25.5 Å². The molecule has 7 heteroatoms. The topological polar surface area (TPSA) is 79.4 Å². The third-order valence-corrected chi connectivity index (χ3v) is 4.32. The minimum Gasteiger partial charge on any atom is -0.495 e. The Hall–Kier alpha value is -2.83. The van der Waals surface area contributed by atoms with Crippen molar-refractivity contribution < 1.29 is 9.53 Å². The Labute approximate surface area is 153 Å². The van der Waals surface area contributed by atoms with Gasteiger partial charge < -0.3 is 20.3 Å². The second-order valence-corrected chi connectivity index (χ2v) is 6.36. The zero-order valence-electron chi connectivity index (χ0n) is 15.3. The smallest absolute Gasteiger partial charge is 0.319 e. The van der Waals surface area contributed by atoms with Crippen molar-refractivity contribution in [2.75, 3.05) is 30.4 Å². The lowest BCUT2D eigenvalue weighted by molar-refractivity contribution is 0.251. The molecular weight excluding hydrogens is 330 g/mol. The van der Waals surface area contributed by atoms with E-state index in [9.17, 15) is 4.79 Å². The predicted octanol–water partition coefficient (Wildman–Crippen LogP) is 3.11. The van der Waals surface area contributed by atoms with Gasteiger partial charge in [0.15, 0.2) is 0 Å². The number of methoxy groups -OCH3 is 1. The van der Waals surface area contributed by atoms with Crippen LogP contribution in [0.25, 0.3) is 0 Å². The van der Waals surface area contributed by atoms with Gasteiger partial charge in [-0.2, -0.15) is 0 Å². The maximum Gasteiger partial charge on any atom is 0.319 e. The number of para-hydroxylation sites is 2. The number of hydrogen-bond acceptors (Lipinski definition) is 5. The van der Waals surface area contributed by atoms with Crippen LogP contribution in [0.3, 0.4) is 0 Å². The molecule has 0 bridgehead atoms. The minimum atomic E-state index is -0.301. The Balaban J connectivity index is 1.62. The molecule has 0 spiro atoms. The normalized spacial score (nSPS) is 14.0. The van der Waals surface area contributed by atoms with Crippen LogP contribution in [-0.4, -0.2) is 36.2 Å². The number of aryl methyl sites for hydroxylation is 1. The van der Waals surface area contributed by atoms with E-state index in [4.69, 9.17) is 4.74 Å². The first-order chi connectivity index (χ1) is 12.7. The van der Waals surface area contributed by atoms with Gasteiger partial charge in [0, 0.05) is 18.8 Å². The number of carbonyl (C=O) groups is 1. The van der Waals surface area contributed by atoms with E-state index in [1.54, 1.807) is 19.2 Å². The summed E-state index contributed by atoms with van der Waals surface area (Å²) in [6.07, 6.45) is 3.61. The van der Waals surface area contributed by atoms with E-state index < -0.39 is 0 Å². The van der Waals surface area contributed by atoms with E-state index in [0.717, 1.165) is 30.4 Å². The largest absolute Gasteiger partial charge is 0.495 e. The van der Waals surface area contributed by atoms with E-state index >= 15 is 0 Å². The highest BCUT2D eigenvalue weighted by atomic mass is 16.5. The van der Waals surface area contributed by atoms with E-state index in [1.807, 2.05) is 25.1 Å². The number of amides is 2. The summed E-state index contributed by atoms with van der Waals surface area (Å²) in [4.78, 5) is 23.6. The van der Waals surface area contributed by atoms with Crippen molar-refractivity contribution in [3.63, 3.8) is 0 Å². The van der Waals surface area contributed by atoms with Crippen molar-refractivity contribution in [3.8, 4) is 5.75 Å². The molecule has 1 aromatic carbocycles. The lowest BCUT2D eigenvalue weighted by atomic mass is 10.1. The third-order valence-electron chi connectivity index (χ3n) is 4.32. The molecule has 7 nitrogen and oxygen atoms in total. The molecule has 1 fully saturated rings. The van der Waals surface area contributed by atoms with Gasteiger partial charge in [-0.3, -0.25) is 0 Å². The summed E-state index contributed by atoms with van der Waals surface area (Å²) in [7, 11) is 1.57. The Morgan fingerprint density at radius 3 is 2.73 bits per heavy atom. The molecule has 0 radical (unpaired) electrons. The number of nitrogens with zero attached hydrogens (tertiary/aromatic N) is 3. The fourth-order valence-corrected chi connectivity index (χ4v) is 3.03. The summed E-state index contributed by atoms with van der Waals surface area (Å²) in [5.74, 6) is 1.37. The molecule has 2 N–H and O–H groups in total. The van der Waals surface area contributed by atoms with Gasteiger partial charge in [-0.05, 0) is 44.4 Å². The number of piperidine rings is 1. The van der Waals surface area contributed by atoms with Crippen molar-refractivity contribution in [1.82, 2.24) is 15.3 Å². The molecule has 1 saturated heterocycles. The SMILES string of the molecule is COc1ccccc1NC(=O)NCc1cc(C)nc(N2CCCCC2)n1. The average Bonchev–Trinajstić information content (AvgIpc) is 2.67. The number of benzene rings is 1. The highest BCUT2D eigenvalue weighted by molar-refractivity contribution is 5.90. The van der Waals surface area contributed by atoms with Crippen LogP contribution in [0.5, 0.6) is 5.75 Å². The first-order valence-corrected chi connectivity index (χ1v) is 8.93. The monoisotopic (exact) mass is 355 g/mol. The molecule has 2 amide bonds. The van der Waals surface area contributed by atoms with Gasteiger partial charge in [0.2, 0.25) is 5.95 Å². The highest BCUT2D eigenvalue weighted by Crippen LogP contribution is 2.22. The van der Waals surface area contributed by atoms with Gasteiger partial charge in [0.25, 0.3) is 0 Å². The molecule has 138 valence electrons. The molecule has 0 aliphatic carbocycles. The summed E-state index contributed by atoms with van der Waals surface area (Å²) >= 11 is 0. The summed E-state index contributed by atoms with van der Waals surface area (Å²) in [5.41, 5.74) is 2.33. The molecule has 1 aliphatic heterocycles. The summed E-state index contributed by atoms with van der Waals surface area (Å²) in [6, 6.07) is 8.89. The van der Waals surface area contributed by atoms with E-state index in [0.29, 0.717) is 18.0 Å². The third kappa shape index (κ3) is 4.62. The zero-order chi connectivity index (χ0) is 18.4. The van der Waals surface area contributed by atoms with Crippen molar-refractivity contribution >= 4 is 17.7 Å². The molecule has 0 saturated carbocycles. The summed E-state index contributed by atoms with van der Waals surface area (Å²) in [5, 5.41) is 5.64. The van der Waals surface area contributed by atoms with Crippen LogP contribution in [0.15, 0.2) is 30.3 Å². The van der Waals surface area contributed by atoms with Gasteiger partial charge in [-0.15, -0.1) is 0 Å². The lowest BCUT2D eigenvalue weighted by Gasteiger charge is -2.27. The number of nitrogens with one attached hydrogen (secondary N) is 2. The van der Waals surface area contributed by atoms with Crippen LogP contribution in [0, 0.1) is 6.92 Å². The maximum absolute atomic E-state index is 12.2. The van der Waals surface area contributed by atoms with Crippen LogP contribution in [0.1, 0.15) is 30.7 Å². The highest BCUT2D eigenvalue weighted by Gasteiger charge is 2.15. The van der Waals surface area contributed by atoms with Crippen LogP contribution < -0.4 is 20.3 Å². The number of aromatic nitrogens is 2. The summed E-state index contributed by atoms with van der Waals surface area (Å²) < 4.78 is 5.24. The van der Waals surface area contributed by atoms with E-state index in [-0.39, 0.29) is 6.03 Å². The second kappa shape index (κ2) is 8.51. The number of rotatable bonds is 5. The van der Waals surface area contributed by atoms with Crippen LogP contribution in [0.2, 0.25) is 0 Å². The molecule has 2 heterocycles. The van der Waals surface area contributed by atoms with Gasteiger partial charge in [-0.1, -0.05) is 12.1 Å². The quantitative estimate of drug-likeness (QED) is 0.861. The number of urea groups is 1. The number of anilines is 2. The molecular formula is C19H25N5O2. The lowest BCUT2D eigenvalue weighted by Crippen LogP contribution is -2.32. The molecule has 0 atom stereocenters. The fourth-order valence-electron chi connectivity index (χ4n) is 3.03. The van der Waals surface area contributed by atoms with Crippen molar-refractivity contribution in [2.45, 2.75) is 32.7 Å². The average molecular weight is 355 g/mol. The first kappa shape index (κ1) is 18.0. The van der Waals surface area contributed by atoms with Gasteiger partial charge in [-0.25, -0.2) is 14.8 Å². The predicted molar refractivity (Wildman–Crippen MR) is 102 cm³/mol. The van der Waals surface area contributed by atoms with Gasteiger partial charge in [0.1, 0.15) is 5.75 Å². The summed E-state index contributed by atoms with van der Waals surface area (Å²) in [6.45, 7) is 4.27. The van der Waals surface area contributed by atoms with Gasteiger partial charge in [0.05, 0.1) is 25.0 Å². The molecule has 1 aliphatic rings. The molecule has 3 rings (SSSR count). The Morgan fingerprint density at radius 2 is 1.96 bits per heavy atom. The van der Waals surface area contributed by atoms with Crippen molar-refractivity contribution in [2.24, 2.45) is 0 Å². The molecule has 0 unspecified atom stereocenters. The first-order valence-electron chi connectivity index (χ1n) is 8.93. The van der Waals surface area contributed by atoms with E-state index in [1.165, 1.54) is 19.3 Å². The Morgan fingerprint density at radius 1 is 1.19 bits per heavy atom. The Kier molecular flexibility index (Phi) is 5.88. The molecule has 26 heavy (non-hydrogen) atoms. The fraction of sp³-hybridized carbons (Fsp3) is 0.421. The molecule has 1 aromatic heterocycles. The van der Waals surface area contributed by atoms with Crippen LogP contribution in [0.4, 0.5) is 16.4 Å². The zero-order valence-corrected chi connectivity index (χ0v) is 15.3. The number of hydrogen-bond donors (Lipinski definition) is 2. The minimum absolute atomic E-state index is 0.301. The Bertz CT molecular complexity index is 759. The van der Waals surface area contributed by atoms with Crippen LogP contribution >= 0.6 is 0 Å². The number of carbonyl (C=O) groups excluding carboxylic acids is 1. The second-order valence-electron chi connectivity index (χ2n) is 6.36. The van der Waals surface area contributed by atoms with Crippen molar-refractivity contribution in [3.05, 3.63) is 41.7 Å². The standard InChI is InChI=1S/C19H25N5O2/c1-14-12-15(22-18(21-14)24-10-6-3-7-11-24)13-20-19(25)23-16-8-4-5-9-17(16)26-2/h4-5,8-9,12H,3,6-7,10-11,13H2,1-2H3,(H2,20,23,25). The van der Waals surface area contributed by atoms with Crippen LogP contribution in [-0.2, 0) is 6.54 Å². The van der Waals surface area contributed by atoms with Gasteiger partial charge >= 0.3 is 6.03 Å². The van der Waals surface area contributed by atoms with Crippen molar-refractivity contribution in [1.29, 1.82) is 0 Å².